The van der Waals surface area contributed by atoms with Crippen molar-refractivity contribution in [3.05, 3.63) is 58.7 Å². The first-order valence-electron chi connectivity index (χ1n) is 14.6. The SMILES string of the molecule is CCN(CC)CCN1C(=O)C(=O)C(=C(O)c2ccc(OC(C)C)cc2C)C1c1ccc(OCCC(C)C)c(OC)c1. The van der Waals surface area contributed by atoms with Crippen molar-refractivity contribution in [2.24, 2.45) is 5.92 Å². The van der Waals surface area contributed by atoms with E-state index in [9.17, 15) is 14.7 Å². The van der Waals surface area contributed by atoms with Crippen LogP contribution in [0.1, 0.15) is 70.7 Å². The highest BCUT2D eigenvalue weighted by atomic mass is 16.5. The number of aliphatic hydroxyl groups is 1. The van der Waals surface area contributed by atoms with E-state index >= 15 is 0 Å². The molecule has 1 fully saturated rings. The standard InChI is InChI=1S/C33H46N2O6/c1-9-34(10-2)16-17-35-30(24-11-14-27(28(20-24)39-8)40-18-15-21(3)4)29(32(37)33(35)38)31(36)26-13-12-25(19-23(26)7)41-22(5)6/h11-14,19-22,30,36H,9-10,15-18H2,1-8H3. The van der Waals surface area contributed by atoms with Crippen molar-refractivity contribution >= 4 is 17.4 Å². The molecule has 0 aromatic heterocycles. The molecule has 0 spiro atoms. The maximum atomic E-state index is 13.5. The lowest BCUT2D eigenvalue weighted by Crippen LogP contribution is -2.38. The third-order valence-corrected chi connectivity index (χ3v) is 7.37. The van der Waals surface area contributed by atoms with Crippen LogP contribution in [0.4, 0.5) is 0 Å². The Kier molecular flexibility index (Phi) is 11.2. The molecular weight excluding hydrogens is 520 g/mol. The molecule has 41 heavy (non-hydrogen) atoms. The van der Waals surface area contributed by atoms with E-state index in [1.54, 1.807) is 30.2 Å². The number of aryl methyl sites for hydroxylation is 1. The average Bonchev–Trinajstić information content (AvgIpc) is 3.18. The lowest BCUT2D eigenvalue weighted by atomic mass is 9.93. The number of amides is 1. The Labute approximate surface area is 244 Å². The van der Waals surface area contributed by atoms with Gasteiger partial charge in [0.1, 0.15) is 11.5 Å². The van der Waals surface area contributed by atoms with Crippen molar-refractivity contribution in [1.29, 1.82) is 0 Å². The van der Waals surface area contributed by atoms with Crippen LogP contribution < -0.4 is 14.2 Å². The fourth-order valence-corrected chi connectivity index (χ4v) is 5.02. The summed E-state index contributed by atoms with van der Waals surface area (Å²) in [6, 6.07) is 9.98. The molecule has 2 aromatic rings. The molecule has 1 atom stereocenters. The summed E-state index contributed by atoms with van der Waals surface area (Å²) in [6.45, 7) is 17.3. The van der Waals surface area contributed by atoms with E-state index < -0.39 is 17.7 Å². The minimum absolute atomic E-state index is 0.00252. The van der Waals surface area contributed by atoms with Crippen molar-refractivity contribution in [3.8, 4) is 17.2 Å². The number of likely N-dealkylation sites (tertiary alicyclic amines) is 1. The number of aliphatic hydroxyl groups excluding tert-OH is 1. The Hall–Kier alpha value is -3.52. The fraction of sp³-hybridized carbons (Fsp3) is 0.515. The number of likely N-dealkylation sites (N-methyl/N-ethyl adjacent to an activating group) is 1. The van der Waals surface area contributed by atoms with Crippen LogP contribution in [-0.2, 0) is 9.59 Å². The quantitative estimate of drug-likeness (QED) is 0.171. The number of carbonyl (C=O) groups is 2. The van der Waals surface area contributed by atoms with E-state index in [1.807, 2.05) is 39.0 Å². The molecular formula is C33H46N2O6. The number of nitrogens with zero attached hydrogens (tertiary/aromatic N) is 2. The minimum atomic E-state index is -0.782. The topological polar surface area (TPSA) is 88.5 Å². The van der Waals surface area contributed by atoms with E-state index in [0.29, 0.717) is 54.0 Å². The van der Waals surface area contributed by atoms with Gasteiger partial charge in [0.05, 0.1) is 31.4 Å². The summed E-state index contributed by atoms with van der Waals surface area (Å²) in [5.74, 6) is 0.731. The molecule has 0 bridgehead atoms. The molecule has 0 saturated carbocycles. The second-order valence-electron chi connectivity index (χ2n) is 11.1. The Bertz CT molecular complexity index is 1250. The molecule has 1 saturated heterocycles. The lowest BCUT2D eigenvalue weighted by molar-refractivity contribution is -0.140. The third kappa shape index (κ3) is 7.61. The van der Waals surface area contributed by atoms with Gasteiger partial charge >= 0.3 is 0 Å². The first-order chi connectivity index (χ1) is 19.5. The molecule has 1 heterocycles. The van der Waals surface area contributed by atoms with Gasteiger partial charge in [-0.25, -0.2) is 0 Å². The average molecular weight is 567 g/mol. The fourth-order valence-electron chi connectivity index (χ4n) is 5.02. The van der Waals surface area contributed by atoms with Gasteiger partial charge in [-0.05, 0) is 87.7 Å². The summed E-state index contributed by atoms with van der Waals surface area (Å²) < 4.78 is 17.4. The summed E-state index contributed by atoms with van der Waals surface area (Å²) in [5, 5.41) is 11.6. The maximum absolute atomic E-state index is 13.5. The lowest BCUT2D eigenvalue weighted by Gasteiger charge is -2.28. The predicted molar refractivity (Wildman–Crippen MR) is 162 cm³/mol. The predicted octanol–water partition coefficient (Wildman–Crippen LogP) is 5.98. The summed E-state index contributed by atoms with van der Waals surface area (Å²) in [6.07, 6.45) is 0.897. The van der Waals surface area contributed by atoms with Crippen molar-refractivity contribution in [3.63, 3.8) is 0 Å². The van der Waals surface area contributed by atoms with Gasteiger partial charge in [-0.2, -0.15) is 0 Å². The number of hydrogen-bond acceptors (Lipinski definition) is 7. The summed E-state index contributed by atoms with van der Waals surface area (Å²) >= 11 is 0. The molecule has 1 unspecified atom stereocenters. The molecule has 3 rings (SSSR count). The van der Waals surface area contributed by atoms with Gasteiger partial charge in [0.15, 0.2) is 11.5 Å². The van der Waals surface area contributed by atoms with Gasteiger partial charge in [0, 0.05) is 18.7 Å². The van der Waals surface area contributed by atoms with Crippen LogP contribution in [0.5, 0.6) is 17.2 Å². The zero-order valence-electron chi connectivity index (χ0n) is 25.8. The minimum Gasteiger partial charge on any atom is -0.507 e. The summed E-state index contributed by atoms with van der Waals surface area (Å²) in [7, 11) is 1.57. The third-order valence-electron chi connectivity index (χ3n) is 7.37. The van der Waals surface area contributed by atoms with Crippen LogP contribution in [0.15, 0.2) is 42.0 Å². The molecule has 0 radical (unpaired) electrons. The molecule has 8 heteroatoms. The number of ketones is 1. The molecule has 1 amide bonds. The summed E-state index contributed by atoms with van der Waals surface area (Å²) in [5.41, 5.74) is 1.94. The number of ether oxygens (including phenoxy) is 3. The first-order valence-corrected chi connectivity index (χ1v) is 14.6. The second-order valence-corrected chi connectivity index (χ2v) is 11.1. The number of hydrogen-bond donors (Lipinski definition) is 1. The number of benzene rings is 2. The number of rotatable bonds is 14. The number of Topliss-reactive ketones (excluding diaryl/α,β-unsaturated/α-hetero) is 1. The molecule has 2 aromatic carbocycles. The van der Waals surface area contributed by atoms with E-state index in [0.717, 1.165) is 25.1 Å². The van der Waals surface area contributed by atoms with Gasteiger partial charge < -0.3 is 29.1 Å². The van der Waals surface area contributed by atoms with Crippen LogP contribution in [-0.4, -0.2) is 72.6 Å². The van der Waals surface area contributed by atoms with E-state index in [4.69, 9.17) is 14.2 Å². The second kappa shape index (κ2) is 14.4. The van der Waals surface area contributed by atoms with Crippen LogP contribution in [0.25, 0.3) is 5.76 Å². The Balaban J connectivity index is 2.11. The van der Waals surface area contributed by atoms with Gasteiger partial charge in [0.2, 0.25) is 0 Å². The largest absolute Gasteiger partial charge is 0.507 e. The van der Waals surface area contributed by atoms with Crippen molar-refractivity contribution in [2.75, 3.05) is 39.9 Å². The van der Waals surface area contributed by atoms with Crippen LogP contribution in [0.3, 0.4) is 0 Å². The van der Waals surface area contributed by atoms with Gasteiger partial charge in [-0.1, -0.05) is 33.8 Å². The zero-order valence-corrected chi connectivity index (χ0v) is 25.8. The highest BCUT2D eigenvalue weighted by Crippen LogP contribution is 2.42. The van der Waals surface area contributed by atoms with Gasteiger partial charge in [-0.3, -0.25) is 9.59 Å². The molecule has 1 N–H and O–H groups in total. The molecule has 1 aliphatic heterocycles. The maximum Gasteiger partial charge on any atom is 0.295 e. The Morgan fingerprint density at radius 2 is 1.73 bits per heavy atom. The van der Waals surface area contributed by atoms with Crippen LogP contribution in [0, 0.1) is 12.8 Å². The van der Waals surface area contributed by atoms with E-state index in [1.165, 1.54) is 0 Å². The van der Waals surface area contributed by atoms with E-state index in [2.05, 4.69) is 32.6 Å². The highest BCUT2D eigenvalue weighted by Gasteiger charge is 2.46. The van der Waals surface area contributed by atoms with Crippen molar-refractivity contribution in [1.82, 2.24) is 9.80 Å². The van der Waals surface area contributed by atoms with Crippen LogP contribution in [0.2, 0.25) is 0 Å². The first kappa shape index (κ1) is 32.0. The highest BCUT2D eigenvalue weighted by molar-refractivity contribution is 6.46. The van der Waals surface area contributed by atoms with Crippen LogP contribution >= 0.6 is 0 Å². The van der Waals surface area contributed by atoms with Gasteiger partial charge in [0.25, 0.3) is 11.7 Å². The summed E-state index contributed by atoms with van der Waals surface area (Å²) in [4.78, 5) is 30.7. The van der Waals surface area contributed by atoms with Crippen molar-refractivity contribution < 1.29 is 28.9 Å². The van der Waals surface area contributed by atoms with E-state index in [-0.39, 0.29) is 17.4 Å². The number of carbonyl (C=O) groups excluding carboxylic acids is 2. The molecule has 8 nitrogen and oxygen atoms in total. The Morgan fingerprint density at radius 3 is 2.32 bits per heavy atom. The number of methoxy groups -OCH3 is 1. The molecule has 1 aliphatic rings. The molecule has 0 aliphatic carbocycles. The zero-order chi connectivity index (χ0) is 30.3. The monoisotopic (exact) mass is 566 g/mol. The van der Waals surface area contributed by atoms with Crippen molar-refractivity contribution in [2.45, 2.75) is 67.0 Å². The Morgan fingerprint density at radius 1 is 1.02 bits per heavy atom. The van der Waals surface area contributed by atoms with Gasteiger partial charge in [-0.15, -0.1) is 0 Å². The normalized spacial score (nSPS) is 16.8. The smallest absolute Gasteiger partial charge is 0.295 e. The molecule has 224 valence electrons.